The fourth-order valence-electron chi connectivity index (χ4n) is 2.07. The molecule has 17 heavy (non-hydrogen) atoms. The molecule has 5 heteroatoms. The average Bonchev–Trinajstić information content (AvgIpc) is 3.06. The van der Waals surface area contributed by atoms with Crippen LogP contribution in [0.25, 0.3) is 0 Å². The van der Waals surface area contributed by atoms with Crippen LogP contribution < -0.4 is 0 Å². The maximum Gasteiger partial charge on any atom is 0.303 e. The van der Waals surface area contributed by atoms with E-state index in [0.29, 0.717) is 0 Å². The highest BCUT2D eigenvalue weighted by Gasteiger charge is 2.37. The predicted octanol–water partition coefficient (Wildman–Crippen LogP) is 3.70. The molecule has 1 aliphatic rings. The van der Waals surface area contributed by atoms with E-state index in [4.69, 9.17) is 5.11 Å². The van der Waals surface area contributed by atoms with Crippen molar-refractivity contribution in [2.45, 2.75) is 25.2 Å². The van der Waals surface area contributed by atoms with Crippen LogP contribution in [0.2, 0.25) is 0 Å². The van der Waals surface area contributed by atoms with Gasteiger partial charge in [0.2, 0.25) is 0 Å². The zero-order valence-electron chi connectivity index (χ0n) is 8.92. The summed E-state index contributed by atoms with van der Waals surface area (Å²) in [5.41, 5.74) is -0.0933. The molecule has 1 aromatic carbocycles. The Morgan fingerprint density at radius 3 is 2.65 bits per heavy atom. The van der Waals surface area contributed by atoms with Gasteiger partial charge in [-0.1, -0.05) is 0 Å². The van der Waals surface area contributed by atoms with Gasteiger partial charge >= 0.3 is 5.97 Å². The second-order valence-electron chi connectivity index (χ2n) is 4.30. The van der Waals surface area contributed by atoms with E-state index in [9.17, 15) is 13.6 Å². The lowest BCUT2D eigenvalue weighted by Gasteiger charge is -2.16. The third-order valence-electron chi connectivity index (χ3n) is 3.04. The van der Waals surface area contributed by atoms with E-state index in [-0.39, 0.29) is 22.4 Å². The van der Waals surface area contributed by atoms with Gasteiger partial charge in [0.25, 0.3) is 0 Å². The van der Waals surface area contributed by atoms with Gasteiger partial charge in [-0.15, -0.1) is 0 Å². The van der Waals surface area contributed by atoms with Gasteiger partial charge in [-0.25, -0.2) is 8.78 Å². The minimum Gasteiger partial charge on any atom is -0.481 e. The smallest absolute Gasteiger partial charge is 0.303 e. The molecular formula is C12H11BrF2O2. The Kier molecular flexibility index (Phi) is 3.47. The molecule has 1 aromatic rings. The second kappa shape index (κ2) is 4.72. The zero-order valence-corrected chi connectivity index (χ0v) is 10.5. The number of hydrogen-bond acceptors (Lipinski definition) is 1. The summed E-state index contributed by atoms with van der Waals surface area (Å²) in [6.07, 6.45) is 1.45. The molecule has 1 N–H and O–H groups in total. The van der Waals surface area contributed by atoms with E-state index in [1.165, 1.54) is 12.1 Å². The first kappa shape index (κ1) is 12.5. The molecular weight excluding hydrogens is 294 g/mol. The maximum atomic E-state index is 13.9. The van der Waals surface area contributed by atoms with E-state index in [0.717, 1.165) is 12.8 Å². The molecule has 1 unspecified atom stereocenters. The molecule has 0 heterocycles. The lowest BCUT2D eigenvalue weighted by molar-refractivity contribution is -0.137. The number of halogens is 3. The zero-order chi connectivity index (χ0) is 12.6. The number of carbonyl (C=O) groups is 1. The Morgan fingerprint density at radius 1 is 1.47 bits per heavy atom. The molecule has 92 valence electrons. The second-order valence-corrected chi connectivity index (χ2v) is 5.15. The molecule has 0 amide bonds. The quantitative estimate of drug-likeness (QED) is 0.861. The highest BCUT2D eigenvalue weighted by Crippen LogP contribution is 2.46. The number of carboxylic acids is 1. The van der Waals surface area contributed by atoms with Crippen LogP contribution in [0.5, 0.6) is 0 Å². The monoisotopic (exact) mass is 304 g/mol. The van der Waals surface area contributed by atoms with Gasteiger partial charge in [-0.3, -0.25) is 4.79 Å². The van der Waals surface area contributed by atoms with E-state index in [1.54, 1.807) is 0 Å². The number of rotatable bonds is 4. The van der Waals surface area contributed by atoms with E-state index < -0.39 is 23.5 Å². The topological polar surface area (TPSA) is 37.3 Å². The largest absolute Gasteiger partial charge is 0.481 e. The predicted molar refractivity (Wildman–Crippen MR) is 61.8 cm³/mol. The highest BCUT2D eigenvalue weighted by molar-refractivity contribution is 9.10. The summed E-state index contributed by atoms with van der Waals surface area (Å²) in [6, 6.07) is 2.46. The van der Waals surface area contributed by atoms with Crippen LogP contribution in [0.15, 0.2) is 16.6 Å². The van der Waals surface area contributed by atoms with Crippen molar-refractivity contribution in [3.63, 3.8) is 0 Å². The minimum atomic E-state index is -1.03. The van der Waals surface area contributed by atoms with Crippen LogP contribution in [-0.2, 0) is 4.79 Å². The van der Waals surface area contributed by atoms with Crippen LogP contribution >= 0.6 is 15.9 Å². The normalized spacial score (nSPS) is 16.9. The van der Waals surface area contributed by atoms with E-state index >= 15 is 0 Å². The average molecular weight is 305 g/mol. The van der Waals surface area contributed by atoms with Gasteiger partial charge in [0.15, 0.2) is 0 Å². The molecule has 1 atom stereocenters. The van der Waals surface area contributed by atoms with Crippen molar-refractivity contribution in [1.82, 2.24) is 0 Å². The Balaban J connectivity index is 2.41. The van der Waals surface area contributed by atoms with Crippen LogP contribution in [0.1, 0.15) is 30.7 Å². The summed E-state index contributed by atoms with van der Waals surface area (Å²) in [7, 11) is 0. The fraction of sp³-hybridized carbons (Fsp3) is 0.417. The first-order chi connectivity index (χ1) is 8.00. The fourth-order valence-corrected chi connectivity index (χ4v) is 2.42. The van der Waals surface area contributed by atoms with Gasteiger partial charge in [0, 0.05) is 11.5 Å². The molecule has 0 saturated heterocycles. The Hall–Kier alpha value is -0.970. The van der Waals surface area contributed by atoms with Gasteiger partial charge in [-0.05, 0) is 46.8 Å². The van der Waals surface area contributed by atoms with Crippen molar-refractivity contribution in [3.05, 3.63) is 33.8 Å². The Morgan fingerprint density at radius 2 is 2.12 bits per heavy atom. The van der Waals surface area contributed by atoms with Crippen molar-refractivity contribution < 1.29 is 18.7 Å². The van der Waals surface area contributed by atoms with Crippen LogP contribution in [0.3, 0.4) is 0 Å². The van der Waals surface area contributed by atoms with Gasteiger partial charge < -0.3 is 5.11 Å². The Bertz CT molecular complexity index is 458. The van der Waals surface area contributed by atoms with Crippen LogP contribution in [0.4, 0.5) is 8.78 Å². The summed E-state index contributed by atoms with van der Waals surface area (Å²) in [4.78, 5) is 10.8. The third kappa shape index (κ3) is 2.65. The van der Waals surface area contributed by atoms with Crippen molar-refractivity contribution in [3.8, 4) is 0 Å². The molecule has 1 fully saturated rings. The molecule has 0 spiro atoms. The van der Waals surface area contributed by atoms with Crippen molar-refractivity contribution >= 4 is 21.9 Å². The molecule has 0 aliphatic heterocycles. The summed E-state index contributed by atoms with van der Waals surface area (Å²) in [5, 5.41) is 8.82. The molecule has 0 bridgehead atoms. The minimum absolute atomic E-state index is 0.0874. The van der Waals surface area contributed by atoms with Crippen LogP contribution in [-0.4, -0.2) is 11.1 Å². The van der Waals surface area contributed by atoms with E-state index in [1.807, 2.05) is 0 Å². The first-order valence-electron chi connectivity index (χ1n) is 5.36. The van der Waals surface area contributed by atoms with Crippen molar-refractivity contribution in [2.75, 3.05) is 0 Å². The third-order valence-corrected chi connectivity index (χ3v) is 3.65. The number of carboxylic acid groups (broad SMARTS) is 1. The SMILES string of the molecule is O=C(O)CC(c1c(F)ccc(Br)c1F)C1CC1. The summed E-state index contributed by atoms with van der Waals surface area (Å²) >= 11 is 3.00. The van der Waals surface area contributed by atoms with Gasteiger partial charge in [-0.2, -0.15) is 0 Å². The number of hydrogen-bond donors (Lipinski definition) is 1. The van der Waals surface area contributed by atoms with E-state index in [2.05, 4.69) is 15.9 Å². The molecule has 2 nitrogen and oxygen atoms in total. The molecule has 1 aliphatic carbocycles. The number of aliphatic carboxylic acids is 1. The van der Waals surface area contributed by atoms with Gasteiger partial charge in [0.1, 0.15) is 11.6 Å². The number of benzene rings is 1. The lowest BCUT2D eigenvalue weighted by atomic mass is 9.90. The molecule has 0 aromatic heterocycles. The van der Waals surface area contributed by atoms with Gasteiger partial charge in [0.05, 0.1) is 10.9 Å². The molecule has 2 rings (SSSR count). The summed E-state index contributed by atoms with van der Waals surface area (Å²) in [5.74, 6) is -2.85. The standard InChI is InChI=1S/C12H11BrF2O2/c13-8-3-4-9(14)11(12(8)15)7(5-10(16)17)6-1-2-6/h3-4,6-7H,1-2,5H2,(H,16,17). The highest BCUT2D eigenvalue weighted by atomic mass is 79.9. The maximum absolute atomic E-state index is 13.9. The van der Waals surface area contributed by atoms with Crippen molar-refractivity contribution in [2.24, 2.45) is 5.92 Å². The summed E-state index contributed by atoms with van der Waals surface area (Å²) in [6.45, 7) is 0. The summed E-state index contributed by atoms with van der Waals surface area (Å²) < 4.78 is 27.7. The molecule has 0 radical (unpaired) electrons. The first-order valence-corrected chi connectivity index (χ1v) is 6.15. The molecule has 1 saturated carbocycles. The Labute approximate surface area is 106 Å². The lowest BCUT2D eigenvalue weighted by Crippen LogP contribution is -2.12. The van der Waals surface area contributed by atoms with Crippen molar-refractivity contribution in [1.29, 1.82) is 0 Å². The van der Waals surface area contributed by atoms with Crippen LogP contribution in [0, 0.1) is 17.6 Å².